The van der Waals surface area contributed by atoms with Gasteiger partial charge in [-0.3, -0.25) is 0 Å². The largest absolute Gasteiger partial charge is 0.504 e. The van der Waals surface area contributed by atoms with Gasteiger partial charge in [-0.25, -0.2) is 0 Å². The smallest absolute Gasteiger partial charge is 0.167 e. The molecule has 1 aliphatic rings. The lowest BCUT2D eigenvalue weighted by Crippen LogP contribution is -2.11. The average molecular weight is 176 g/mol. The van der Waals surface area contributed by atoms with Crippen LogP contribution < -0.4 is 10.5 Å². The highest BCUT2D eigenvalue weighted by atomic mass is 16.5. The number of hydrogen-bond donors (Lipinski definition) is 2. The molecule has 1 aromatic carbocycles. The number of nitrogens with zero attached hydrogens (tertiary/aromatic N) is 1. The van der Waals surface area contributed by atoms with E-state index in [-0.39, 0.29) is 11.8 Å². The standard InChI is InChI=1S/C9H8N2O2/c10-3-5-1-2-7(12)9-8(5)6(11)4-13-9/h1-2,6,12H,4,11H2. The van der Waals surface area contributed by atoms with E-state index in [9.17, 15) is 5.11 Å². The van der Waals surface area contributed by atoms with E-state index in [1.165, 1.54) is 6.07 Å². The predicted octanol–water partition coefficient (Wildman–Crippen LogP) is 0.656. The minimum atomic E-state index is -0.309. The Bertz CT molecular complexity index is 395. The molecule has 0 saturated heterocycles. The molecule has 2 rings (SSSR count). The van der Waals surface area contributed by atoms with Crippen LogP contribution in [-0.4, -0.2) is 11.7 Å². The summed E-state index contributed by atoms with van der Waals surface area (Å²) in [5.41, 5.74) is 6.79. The van der Waals surface area contributed by atoms with E-state index in [1.54, 1.807) is 6.07 Å². The Labute approximate surface area is 75.2 Å². The van der Waals surface area contributed by atoms with Crippen LogP contribution >= 0.6 is 0 Å². The molecule has 1 aliphatic heterocycles. The van der Waals surface area contributed by atoms with E-state index >= 15 is 0 Å². The summed E-state index contributed by atoms with van der Waals surface area (Å²) in [6.45, 7) is 0.321. The molecule has 0 aliphatic carbocycles. The number of rotatable bonds is 0. The highest BCUT2D eigenvalue weighted by Crippen LogP contribution is 2.40. The summed E-state index contributed by atoms with van der Waals surface area (Å²) in [4.78, 5) is 0. The van der Waals surface area contributed by atoms with Crippen molar-refractivity contribution < 1.29 is 9.84 Å². The van der Waals surface area contributed by atoms with Crippen LogP contribution in [0.5, 0.6) is 11.5 Å². The lowest BCUT2D eigenvalue weighted by Gasteiger charge is -2.04. The summed E-state index contributed by atoms with van der Waals surface area (Å²) in [7, 11) is 0. The zero-order chi connectivity index (χ0) is 9.42. The van der Waals surface area contributed by atoms with Gasteiger partial charge in [-0.15, -0.1) is 0 Å². The van der Waals surface area contributed by atoms with Crippen molar-refractivity contribution in [2.45, 2.75) is 6.04 Å². The highest BCUT2D eigenvalue weighted by molar-refractivity contribution is 5.57. The fourth-order valence-electron chi connectivity index (χ4n) is 1.46. The second-order valence-electron chi connectivity index (χ2n) is 2.90. The number of nitrogens with two attached hydrogens (primary N) is 1. The molecule has 1 heterocycles. The van der Waals surface area contributed by atoms with E-state index in [0.717, 1.165) is 0 Å². The Kier molecular flexibility index (Phi) is 1.61. The van der Waals surface area contributed by atoms with Gasteiger partial charge in [0.2, 0.25) is 0 Å². The van der Waals surface area contributed by atoms with Crippen molar-refractivity contribution in [3.8, 4) is 17.6 Å². The van der Waals surface area contributed by atoms with Crippen LogP contribution in [0.25, 0.3) is 0 Å². The predicted molar refractivity (Wildman–Crippen MR) is 45.2 cm³/mol. The van der Waals surface area contributed by atoms with Gasteiger partial charge in [-0.2, -0.15) is 5.26 Å². The summed E-state index contributed by atoms with van der Waals surface area (Å²) in [6.07, 6.45) is 0. The van der Waals surface area contributed by atoms with Crippen LogP contribution in [-0.2, 0) is 0 Å². The van der Waals surface area contributed by atoms with Crippen molar-refractivity contribution in [1.29, 1.82) is 5.26 Å². The van der Waals surface area contributed by atoms with Crippen LogP contribution in [0.15, 0.2) is 12.1 Å². The lowest BCUT2D eigenvalue weighted by molar-refractivity contribution is 0.317. The fourth-order valence-corrected chi connectivity index (χ4v) is 1.46. The first-order chi connectivity index (χ1) is 6.24. The van der Waals surface area contributed by atoms with Gasteiger partial charge in [0.25, 0.3) is 0 Å². The van der Waals surface area contributed by atoms with Crippen molar-refractivity contribution in [3.05, 3.63) is 23.3 Å². The molecule has 0 radical (unpaired) electrons. The normalized spacial score (nSPS) is 18.9. The number of hydrogen-bond acceptors (Lipinski definition) is 4. The molecule has 3 N–H and O–H groups in total. The molecule has 4 nitrogen and oxygen atoms in total. The lowest BCUT2D eigenvalue weighted by atomic mass is 10.0. The van der Waals surface area contributed by atoms with Crippen molar-refractivity contribution in [3.63, 3.8) is 0 Å². The van der Waals surface area contributed by atoms with Gasteiger partial charge in [-0.1, -0.05) is 0 Å². The summed E-state index contributed by atoms with van der Waals surface area (Å²) in [5, 5.41) is 18.1. The Morgan fingerprint density at radius 1 is 1.62 bits per heavy atom. The molecular weight excluding hydrogens is 168 g/mol. The third-order valence-electron chi connectivity index (χ3n) is 2.07. The molecular formula is C9H8N2O2. The van der Waals surface area contributed by atoms with E-state index < -0.39 is 0 Å². The van der Waals surface area contributed by atoms with Gasteiger partial charge in [0.1, 0.15) is 6.61 Å². The first-order valence-electron chi connectivity index (χ1n) is 3.88. The molecule has 1 unspecified atom stereocenters. The minimum Gasteiger partial charge on any atom is -0.504 e. The number of ether oxygens (including phenoxy) is 1. The Morgan fingerprint density at radius 3 is 3.08 bits per heavy atom. The molecule has 0 fully saturated rings. The van der Waals surface area contributed by atoms with Gasteiger partial charge < -0.3 is 15.6 Å². The monoisotopic (exact) mass is 176 g/mol. The van der Waals surface area contributed by atoms with Crippen molar-refractivity contribution >= 4 is 0 Å². The SMILES string of the molecule is N#Cc1ccc(O)c2c1C(N)CO2. The Hall–Kier alpha value is -1.73. The van der Waals surface area contributed by atoms with Crippen LogP contribution in [0, 0.1) is 11.3 Å². The molecule has 0 spiro atoms. The molecule has 0 saturated carbocycles. The first-order valence-corrected chi connectivity index (χ1v) is 3.88. The zero-order valence-corrected chi connectivity index (χ0v) is 6.82. The number of phenolic OH excluding ortho intramolecular Hbond substituents is 1. The first kappa shape index (κ1) is 7.90. The summed E-state index contributed by atoms with van der Waals surface area (Å²) in [6, 6.07) is 4.69. The van der Waals surface area contributed by atoms with E-state index in [0.29, 0.717) is 23.5 Å². The third-order valence-corrected chi connectivity index (χ3v) is 2.07. The van der Waals surface area contributed by atoms with Gasteiger partial charge >= 0.3 is 0 Å². The molecule has 0 aromatic heterocycles. The van der Waals surface area contributed by atoms with E-state index in [1.807, 2.05) is 6.07 Å². The molecule has 1 atom stereocenters. The maximum absolute atomic E-state index is 9.38. The Morgan fingerprint density at radius 2 is 2.38 bits per heavy atom. The number of phenols is 1. The van der Waals surface area contributed by atoms with Gasteiger partial charge in [0.15, 0.2) is 11.5 Å². The summed E-state index contributed by atoms with van der Waals surface area (Å²) >= 11 is 0. The van der Waals surface area contributed by atoms with Crippen LogP contribution in [0.2, 0.25) is 0 Å². The average Bonchev–Trinajstić information content (AvgIpc) is 2.51. The summed E-state index contributed by atoms with van der Waals surface area (Å²) in [5.74, 6) is 0.397. The Balaban J connectivity index is 2.68. The molecule has 4 heteroatoms. The number of fused-ring (bicyclic) bond motifs is 1. The third kappa shape index (κ3) is 1.02. The minimum absolute atomic E-state index is 0.0435. The molecule has 0 amide bonds. The van der Waals surface area contributed by atoms with Crippen molar-refractivity contribution in [2.75, 3.05) is 6.61 Å². The molecule has 0 bridgehead atoms. The quantitative estimate of drug-likeness (QED) is 0.608. The maximum atomic E-state index is 9.38. The van der Waals surface area contributed by atoms with Gasteiger partial charge in [0, 0.05) is 5.56 Å². The van der Waals surface area contributed by atoms with Crippen LogP contribution in [0.4, 0.5) is 0 Å². The maximum Gasteiger partial charge on any atom is 0.167 e. The topological polar surface area (TPSA) is 79.3 Å². The zero-order valence-electron chi connectivity index (χ0n) is 6.82. The second kappa shape index (κ2) is 2.64. The fraction of sp³-hybridized carbons (Fsp3) is 0.222. The van der Waals surface area contributed by atoms with Crippen molar-refractivity contribution in [2.24, 2.45) is 5.73 Å². The van der Waals surface area contributed by atoms with Crippen LogP contribution in [0.3, 0.4) is 0 Å². The number of nitriles is 1. The van der Waals surface area contributed by atoms with Crippen LogP contribution in [0.1, 0.15) is 17.2 Å². The molecule has 66 valence electrons. The number of aromatic hydroxyl groups is 1. The molecule has 1 aromatic rings. The molecule has 13 heavy (non-hydrogen) atoms. The summed E-state index contributed by atoms with van der Waals surface area (Å²) < 4.78 is 5.16. The van der Waals surface area contributed by atoms with E-state index in [4.69, 9.17) is 15.7 Å². The highest BCUT2D eigenvalue weighted by Gasteiger charge is 2.26. The van der Waals surface area contributed by atoms with E-state index in [2.05, 4.69) is 0 Å². The number of benzene rings is 1. The van der Waals surface area contributed by atoms with Gasteiger partial charge in [0.05, 0.1) is 17.7 Å². The van der Waals surface area contributed by atoms with Gasteiger partial charge in [-0.05, 0) is 12.1 Å². The second-order valence-corrected chi connectivity index (χ2v) is 2.90. The van der Waals surface area contributed by atoms with Crippen molar-refractivity contribution in [1.82, 2.24) is 0 Å².